The molecule has 29 heavy (non-hydrogen) atoms. The van der Waals surface area contributed by atoms with Gasteiger partial charge in [-0.05, 0) is 18.2 Å². The molecule has 8 heteroatoms. The minimum Gasteiger partial charge on any atom is -0.511 e. The molecule has 2 aliphatic heterocycles. The number of ether oxygens (including phenoxy) is 2. The van der Waals surface area contributed by atoms with Gasteiger partial charge in [0, 0.05) is 34.7 Å². The minimum atomic E-state index is -1.51. The molecular weight excluding hydrogens is 439 g/mol. The lowest BCUT2D eigenvalue weighted by atomic mass is 9.70. The number of phenolic OH excluding ortho intramolecular Hbond substituents is 1. The van der Waals surface area contributed by atoms with Crippen molar-refractivity contribution in [2.75, 3.05) is 5.88 Å². The molecule has 3 aliphatic rings. The Morgan fingerprint density at radius 2 is 1.86 bits per heavy atom. The number of aliphatic hydroxyl groups excluding tert-OH is 1. The van der Waals surface area contributed by atoms with E-state index in [1.807, 2.05) is 0 Å². The smallest absolute Gasteiger partial charge is 0.340 e. The number of fused-ring (bicyclic) bond motifs is 5. The van der Waals surface area contributed by atoms with Crippen molar-refractivity contribution >= 4 is 40.8 Å². The van der Waals surface area contributed by atoms with E-state index < -0.39 is 21.8 Å². The maximum atomic E-state index is 12.8. The predicted octanol–water partition coefficient (Wildman–Crippen LogP) is 4.73. The molecule has 1 spiro atoms. The van der Waals surface area contributed by atoms with E-state index in [1.54, 1.807) is 30.3 Å². The van der Waals surface area contributed by atoms with Crippen LogP contribution in [0, 0.1) is 0 Å². The van der Waals surface area contributed by atoms with Crippen LogP contribution in [0.3, 0.4) is 0 Å². The van der Waals surface area contributed by atoms with Crippen molar-refractivity contribution in [3.63, 3.8) is 0 Å². The number of rotatable bonds is 1. The zero-order valence-corrected chi connectivity index (χ0v) is 16.9. The Labute approximate surface area is 180 Å². The van der Waals surface area contributed by atoms with Crippen LogP contribution in [-0.2, 0) is 10.3 Å². The van der Waals surface area contributed by atoms with E-state index in [4.69, 9.17) is 44.3 Å². The van der Waals surface area contributed by atoms with Crippen molar-refractivity contribution in [3.05, 3.63) is 82.3 Å². The average Bonchev–Trinajstić information content (AvgIpc) is 2.99. The third kappa shape index (κ3) is 2.26. The van der Waals surface area contributed by atoms with Crippen molar-refractivity contribution < 1.29 is 24.5 Å². The minimum absolute atomic E-state index is 0.0331. The number of hydrogen-bond acceptors (Lipinski definition) is 5. The van der Waals surface area contributed by atoms with Crippen LogP contribution in [0.1, 0.15) is 21.5 Å². The molecule has 2 aromatic rings. The van der Waals surface area contributed by atoms with Gasteiger partial charge in [0.05, 0.1) is 5.56 Å². The Hall–Kier alpha value is -2.34. The number of aromatic hydroxyl groups is 1. The first-order valence-corrected chi connectivity index (χ1v) is 10.1. The van der Waals surface area contributed by atoms with E-state index in [0.29, 0.717) is 22.3 Å². The van der Waals surface area contributed by atoms with Gasteiger partial charge in [-0.15, -0.1) is 34.8 Å². The fourth-order valence-corrected chi connectivity index (χ4v) is 5.22. The van der Waals surface area contributed by atoms with Crippen LogP contribution in [0.15, 0.2) is 65.6 Å². The largest absolute Gasteiger partial charge is 0.511 e. The number of allylic oxidation sites excluding steroid dienone is 2. The highest BCUT2D eigenvalue weighted by atomic mass is 35.5. The van der Waals surface area contributed by atoms with Gasteiger partial charge in [0.2, 0.25) is 0 Å². The molecule has 0 radical (unpaired) electrons. The van der Waals surface area contributed by atoms with Crippen LogP contribution in [0.2, 0.25) is 0 Å². The zero-order chi connectivity index (χ0) is 20.6. The summed E-state index contributed by atoms with van der Waals surface area (Å²) in [5.74, 6) is -0.548. The molecule has 0 fully saturated rings. The van der Waals surface area contributed by atoms with Crippen molar-refractivity contribution in [2.45, 2.75) is 15.9 Å². The number of aliphatic hydroxyl groups is 1. The van der Waals surface area contributed by atoms with Crippen molar-refractivity contribution in [1.29, 1.82) is 0 Å². The fraction of sp³-hybridized carbons (Fsp3) is 0.190. The summed E-state index contributed by atoms with van der Waals surface area (Å²) in [6, 6.07) is 11.4. The molecule has 3 atom stereocenters. The van der Waals surface area contributed by atoms with Crippen LogP contribution in [0.5, 0.6) is 11.5 Å². The summed E-state index contributed by atoms with van der Waals surface area (Å²) in [6.45, 7) is 0. The highest BCUT2D eigenvalue weighted by molar-refractivity contribution is 6.39. The second kappa shape index (κ2) is 6.08. The lowest BCUT2D eigenvalue weighted by molar-refractivity contribution is 0.0173. The van der Waals surface area contributed by atoms with Crippen LogP contribution < -0.4 is 4.74 Å². The molecule has 0 saturated heterocycles. The summed E-state index contributed by atoms with van der Waals surface area (Å²) in [6.07, 6.45) is 1.34. The Morgan fingerprint density at radius 1 is 1.10 bits per heavy atom. The van der Waals surface area contributed by atoms with Gasteiger partial charge in [0.25, 0.3) is 0 Å². The van der Waals surface area contributed by atoms with E-state index in [1.165, 1.54) is 18.2 Å². The summed E-state index contributed by atoms with van der Waals surface area (Å²) in [4.78, 5) is 11.3. The van der Waals surface area contributed by atoms with E-state index >= 15 is 0 Å². The summed E-state index contributed by atoms with van der Waals surface area (Å²) < 4.78 is 12.0. The summed E-state index contributed by atoms with van der Waals surface area (Å²) in [7, 11) is 0. The lowest BCUT2D eigenvalue weighted by Crippen LogP contribution is -2.52. The molecule has 1 aliphatic carbocycles. The highest BCUT2D eigenvalue weighted by Gasteiger charge is 2.63. The molecule has 5 nitrogen and oxygen atoms in total. The van der Waals surface area contributed by atoms with Crippen molar-refractivity contribution in [2.24, 2.45) is 0 Å². The van der Waals surface area contributed by atoms with Crippen LogP contribution in [0.4, 0.5) is 0 Å². The maximum absolute atomic E-state index is 12.8. The third-order valence-corrected chi connectivity index (χ3v) is 7.29. The van der Waals surface area contributed by atoms with Gasteiger partial charge in [0.15, 0.2) is 5.60 Å². The van der Waals surface area contributed by atoms with Crippen molar-refractivity contribution in [3.8, 4) is 11.5 Å². The Bertz CT molecular complexity index is 1140. The van der Waals surface area contributed by atoms with Gasteiger partial charge in [0.1, 0.15) is 33.3 Å². The van der Waals surface area contributed by atoms with Gasteiger partial charge in [-0.3, -0.25) is 0 Å². The van der Waals surface area contributed by atoms with Gasteiger partial charge in [-0.2, -0.15) is 0 Å². The zero-order valence-electron chi connectivity index (χ0n) is 14.7. The summed E-state index contributed by atoms with van der Waals surface area (Å²) in [5.41, 5.74) is 0.267. The summed E-state index contributed by atoms with van der Waals surface area (Å²) >= 11 is 19.6. The number of alkyl halides is 3. The molecule has 3 unspecified atom stereocenters. The van der Waals surface area contributed by atoms with Gasteiger partial charge < -0.3 is 19.7 Å². The second-order valence-electron chi connectivity index (χ2n) is 7.07. The van der Waals surface area contributed by atoms with E-state index in [9.17, 15) is 15.0 Å². The Morgan fingerprint density at radius 3 is 2.62 bits per heavy atom. The van der Waals surface area contributed by atoms with Crippen LogP contribution in [-0.4, -0.2) is 32.3 Å². The number of esters is 1. The summed E-state index contributed by atoms with van der Waals surface area (Å²) in [5, 5.41) is 19.3. The van der Waals surface area contributed by atoms with Gasteiger partial charge >= 0.3 is 5.97 Å². The molecule has 0 amide bonds. The molecule has 0 aromatic heterocycles. The number of carbonyl (C=O) groups excluding carboxylic acids is 1. The van der Waals surface area contributed by atoms with Crippen molar-refractivity contribution in [1.82, 2.24) is 0 Å². The fourth-order valence-electron chi connectivity index (χ4n) is 4.27. The molecule has 148 valence electrons. The lowest BCUT2D eigenvalue weighted by Gasteiger charge is -2.46. The average molecular weight is 452 g/mol. The van der Waals surface area contributed by atoms with Gasteiger partial charge in [-0.25, -0.2) is 4.79 Å². The number of benzene rings is 2. The maximum Gasteiger partial charge on any atom is 0.340 e. The monoisotopic (exact) mass is 450 g/mol. The quantitative estimate of drug-likeness (QED) is 0.484. The SMILES string of the molecule is O=C1OC2(C3=C(C=C(O)C(Cl)C3(Cl)CCl)Oc3cc(O)ccc32)c2ccccc21. The number of halogens is 3. The van der Waals surface area contributed by atoms with Gasteiger partial charge in [-0.1, -0.05) is 18.2 Å². The number of hydrogen-bond donors (Lipinski definition) is 2. The Balaban J connectivity index is 1.93. The molecule has 0 saturated carbocycles. The number of phenols is 1. The topological polar surface area (TPSA) is 76.0 Å². The highest BCUT2D eigenvalue weighted by Crippen LogP contribution is 2.60. The number of carbonyl (C=O) groups is 1. The third-order valence-electron chi connectivity index (χ3n) is 5.49. The molecule has 0 bridgehead atoms. The van der Waals surface area contributed by atoms with Crippen LogP contribution >= 0.6 is 34.8 Å². The van der Waals surface area contributed by atoms with E-state index in [2.05, 4.69) is 0 Å². The predicted molar refractivity (Wildman–Crippen MR) is 108 cm³/mol. The molecule has 5 rings (SSSR count). The van der Waals surface area contributed by atoms with E-state index in [-0.39, 0.29) is 28.9 Å². The first-order chi connectivity index (χ1) is 13.8. The van der Waals surface area contributed by atoms with E-state index in [0.717, 1.165) is 0 Å². The molecule has 2 N–H and O–H groups in total. The molecule has 2 heterocycles. The Kier molecular flexibility index (Phi) is 3.92. The molecule has 2 aromatic carbocycles. The second-order valence-corrected chi connectivity index (χ2v) is 8.44. The normalized spacial score (nSPS) is 29.6. The first-order valence-electron chi connectivity index (χ1n) is 8.72. The standard InChI is InChI=1S/C21H13Cl3O5/c22-9-20(24)17-16(8-14(26)18(20)23)28-15-7-10(25)5-6-13(15)21(17)12-4-2-1-3-11(12)19(27)29-21/h1-8,18,25-26H,9H2. The van der Waals surface area contributed by atoms with Crippen LogP contribution in [0.25, 0.3) is 0 Å². The molecular formula is C21H13Cl3O5. The first kappa shape index (κ1) is 18.7.